The lowest BCUT2D eigenvalue weighted by molar-refractivity contribution is -0.272. The summed E-state index contributed by atoms with van der Waals surface area (Å²) < 4.78 is 26.3. The van der Waals surface area contributed by atoms with Crippen LogP contribution in [0.4, 0.5) is 0 Å². The Labute approximate surface area is 201 Å². The number of aromatic hydroxyl groups is 3. The Morgan fingerprint density at radius 3 is 2.31 bits per heavy atom. The van der Waals surface area contributed by atoms with Crippen LogP contribution in [-0.2, 0) is 14.3 Å². The van der Waals surface area contributed by atoms with Gasteiger partial charge < -0.3 is 54.0 Å². The van der Waals surface area contributed by atoms with Gasteiger partial charge in [0.1, 0.15) is 35.0 Å². The summed E-state index contributed by atoms with van der Waals surface area (Å²) in [5.41, 5.74) is -0.653. The van der Waals surface area contributed by atoms with E-state index in [1.165, 1.54) is 12.1 Å². The predicted octanol–water partition coefficient (Wildman–Crippen LogP) is -0.0552. The van der Waals surface area contributed by atoms with Gasteiger partial charge in [-0.3, -0.25) is 4.79 Å². The number of carbonyl (C=O) groups is 1. The average Bonchev–Trinajstić information content (AvgIpc) is 2.85. The third-order valence-electron chi connectivity index (χ3n) is 5.62. The molecule has 1 aliphatic heterocycles. The van der Waals surface area contributed by atoms with E-state index in [1.54, 1.807) is 0 Å². The molecule has 1 aromatic heterocycles. The maximum atomic E-state index is 12.8. The van der Waals surface area contributed by atoms with E-state index in [2.05, 4.69) is 4.74 Å². The summed E-state index contributed by atoms with van der Waals surface area (Å²) in [5.74, 6) is -3.25. The van der Waals surface area contributed by atoms with Crippen LogP contribution in [0.15, 0.2) is 39.5 Å². The first kappa shape index (κ1) is 25.1. The smallest absolute Gasteiger partial charge is 0.337 e. The topological polar surface area (TPSA) is 206 Å². The van der Waals surface area contributed by atoms with Crippen LogP contribution in [0.1, 0.15) is 0 Å². The molecular weight excluding hydrogens is 484 g/mol. The Morgan fingerprint density at radius 1 is 0.944 bits per heavy atom. The van der Waals surface area contributed by atoms with Crippen molar-refractivity contribution in [1.29, 1.82) is 0 Å². The molecule has 1 saturated heterocycles. The van der Waals surface area contributed by atoms with Crippen molar-refractivity contribution in [3.8, 4) is 40.1 Å². The molecule has 13 nitrogen and oxygen atoms in total. The summed E-state index contributed by atoms with van der Waals surface area (Å²) in [6.45, 7) is 0. The van der Waals surface area contributed by atoms with Gasteiger partial charge in [0.05, 0.1) is 14.2 Å². The second-order valence-electron chi connectivity index (χ2n) is 7.85. The molecule has 0 spiro atoms. The van der Waals surface area contributed by atoms with Crippen LogP contribution in [0.3, 0.4) is 0 Å². The average molecular weight is 506 g/mol. The number of hydrogen-bond acceptors (Lipinski definition) is 13. The lowest BCUT2D eigenvalue weighted by Crippen LogP contribution is -2.61. The molecule has 13 heteroatoms. The summed E-state index contributed by atoms with van der Waals surface area (Å²) in [4.78, 5) is 24.7. The third-order valence-corrected chi connectivity index (χ3v) is 5.62. The van der Waals surface area contributed by atoms with Crippen molar-refractivity contribution in [3.05, 3.63) is 40.6 Å². The molecule has 5 atom stereocenters. The first-order valence-electron chi connectivity index (χ1n) is 10.4. The Hall–Kier alpha value is -4.04. The van der Waals surface area contributed by atoms with Gasteiger partial charge in [0.25, 0.3) is 0 Å². The van der Waals surface area contributed by atoms with Crippen LogP contribution in [-0.4, -0.2) is 81.5 Å². The van der Waals surface area contributed by atoms with Crippen molar-refractivity contribution in [1.82, 2.24) is 0 Å². The Balaban J connectivity index is 1.79. The van der Waals surface area contributed by atoms with E-state index in [4.69, 9.17) is 18.6 Å². The summed E-state index contributed by atoms with van der Waals surface area (Å²) in [7, 11) is 2.19. The maximum absolute atomic E-state index is 12.8. The lowest BCUT2D eigenvalue weighted by atomic mass is 9.99. The fourth-order valence-corrected chi connectivity index (χ4v) is 3.75. The van der Waals surface area contributed by atoms with Gasteiger partial charge in [-0.15, -0.1) is 0 Å². The van der Waals surface area contributed by atoms with E-state index in [-0.39, 0.29) is 39.5 Å². The molecule has 0 saturated carbocycles. The number of phenols is 3. The van der Waals surface area contributed by atoms with Crippen LogP contribution in [0.2, 0.25) is 0 Å². The lowest BCUT2D eigenvalue weighted by Gasteiger charge is -2.38. The van der Waals surface area contributed by atoms with Crippen molar-refractivity contribution in [3.63, 3.8) is 0 Å². The standard InChI is InChI=1S/C23H22O13/c1-32-20-14(35-23-19(30)17(28)18(29)21(36-23)22(31)33-2)7-13-15(16(20)27)11(26)6-12(34-13)8-3-4-9(24)10(25)5-8/h3-7,17-19,21,23-25,27-30H,1-2H3/t17-,18-,19+,21-,23-/m1/s1. The van der Waals surface area contributed by atoms with Gasteiger partial charge >= 0.3 is 5.97 Å². The number of ether oxygens (including phenoxy) is 4. The second kappa shape index (κ2) is 9.54. The van der Waals surface area contributed by atoms with Gasteiger partial charge in [-0.25, -0.2) is 4.79 Å². The SMILES string of the molecule is COC(=O)[C@@H]1O[C@@H](Oc2cc3oc(-c4ccc(O)c(O)c4)cc(=O)c3c(O)c2OC)[C@@H](O)[C@H](O)[C@H]1O. The molecule has 1 fully saturated rings. The number of aliphatic hydroxyl groups is 3. The Kier molecular flexibility index (Phi) is 6.65. The van der Waals surface area contributed by atoms with E-state index < -0.39 is 53.6 Å². The fourth-order valence-electron chi connectivity index (χ4n) is 3.75. The molecule has 4 rings (SSSR count). The molecule has 2 heterocycles. The van der Waals surface area contributed by atoms with Crippen LogP contribution >= 0.6 is 0 Å². The summed E-state index contributed by atoms with van der Waals surface area (Å²) >= 11 is 0. The molecule has 1 aliphatic rings. The molecule has 0 radical (unpaired) electrons. The minimum Gasteiger partial charge on any atom is -0.504 e. The number of methoxy groups -OCH3 is 2. The van der Waals surface area contributed by atoms with Crippen molar-refractivity contribution >= 4 is 16.9 Å². The van der Waals surface area contributed by atoms with Crippen molar-refractivity contribution < 1.29 is 58.8 Å². The second-order valence-corrected chi connectivity index (χ2v) is 7.85. The number of phenolic OH excluding ortho intramolecular Hbond substituents is 3. The number of rotatable bonds is 5. The molecule has 192 valence electrons. The highest BCUT2D eigenvalue weighted by atomic mass is 16.7. The fraction of sp³-hybridized carbons (Fsp3) is 0.304. The van der Waals surface area contributed by atoms with Gasteiger partial charge in [0.15, 0.2) is 34.5 Å². The van der Waals surface area contributed by atoms with Gasteiger partial charge in [-0.05, 0) is 18.2 Å². The minimum absolute atomic E-state index is 0.0310. The largest absolute Gasteiger partial charge is 0.504 e. The maximum Gasteiger partial charge on any atom is 0.337 e. The highest BCUT2D eigenvalue weighted by Gasteiger charge is 2.48. The molecular formula is C23H22O13. The van der Waals surface area contributed by atoms with Crippen molar-refractivity contribution in [2.45, 2.75) is 30.7 Å². The molecule has 3 aromatic rings. The quantitative estimate of drug-likeness (QED) is 0.198. The van der Waals surface area contributed by atoms with Crippen molar-refractivity contribution in [2.24, 2.45) is 0 Å². The molecule has 0 amide bonds. The first-order chi connectivity index (χ1) is 17.1. The molecule has 0 aliphatic carbocycles. The van der Waals surface area contributed by atoms with E-state index in [0.29, 0.717) is 0 Å². The number of benzene rings is 2. The molecule has 36 heavy (non-hydrogen) atoms. The summed E-state index contributed by atoms with van der Waals surface area (Å²) in [5, 5.41) is 60.3. The zero-order valence-corrected chi connectivity index (χ0v) is 18.8. The van der Waals surface area contributed by atoms with Crippen molar-refractivity contribution in [2.75, 3.05) is 14.2 Å². The number of carbonyl (C=O) groups excluding carboxylic acids is 1. The van der Waals surface area contributed by atoms with E-state index >= 15 is 0 Å². The van der Waals surface area contributed by atoms with Crippen LogP contribution < -0.4 is 14.9 Å². The third kappa shape index (κ3) is 4.24. The molecule has 6 N–H and O–H groups in total. The molecule has 2 aromatic carbocycles. The monoisotopic (exact) mass is 506 g/mol. The highest BCUT2D eigenvalue weighted by Crippen LogP contribution is 2.43. The number of hydrogen-bond donors (Lipinski definition) is 6. The zero-order valence-electron chi connectivity index (χ0n) is 18.8. The van der Waals surface area contributed by atoms with Gasteiger partial charge in [0.2, 0.25) is 12.0 Å². The number of aliphatic hydroxyl groups excluding tert-OH is 3. The Bertz CT molecular complexity index is 1360. The molecule has 0 bridgehead atoms. The minimum atomic E-state index is -1.86. The van der Waals surface area contributed by atoms with Crippen LogP contribution in [0, 0.1) is 0 Å². The number of fused-ring (bicyclic) bond motifs is 1. The highest BCUT2D eigenvalue weighted by molar-refractivity contribution is 5.89. The van der Waals surface area contributed by atoms with E-state index in [0.717, 1.165) is 32.4 Å². The Morgan fingerprint density at radius 2 is 1.67 bits per heavy atom. The summed E-state index contributed by atoms with van der Waals surface area (Å²) in [6, 6.07) is 5.92. The summed E-state index contributed by atoms with van der Waals surface area (Å²) in [6.07, 6.45) is -8.98. The zero-order chi connectivity index (χ0) is 26.3. The van der Waals surface area contributed by atoms with Crippen LogP contribution in [0.25, 0.3) is 22.3 Å². The van der Waals surface area contributed by atoms with Crippen LogP contribution in [0.5, 0.6) is 28.7 Å². The molecule has 0 unspecified atom stereocenters. The van der Waals surface area contributed by atoms with Gasteiger partial charge in [-0.2, -0.15) is 0 Å². The first-order valence-corrected chi connectivity index (χ1v) is 10.4. The van der Waals surface area contributed by atoms with E-state index in [9.17, 15) is 40.2 Å². The number of esters is 1. The van der Waals surface area contributed by atoms with Gasteiger partial charge in [-0.1, -0.05) is 0 Å². The normalized spacial score (nSPS) is 23.9. The van der Waals surface area contributed by atoms with E-state index in [1.807, 2.05) is 0 Å². The van der Waals surface area contributed by atoms with Gasteiger partial charge in [0, 0.05) is 17.7 Å². The predicted molar refractivity (Wildman–Crippen MR) is 119 cm³/mol.